The number of nitro groups is 1. The zero-order chi connectivity index (χ0) is 16.1. The van der Waals surface area contributed by atoms with Gasteiger partial charge in [0.15, 0.2) is 0 Å². The standard InChI is InChI=1S/C12H10ClN5O4/c13-9-1-2-10(19)8(5-9)6-14-15-12(20)7-17-4-3-11(16-17)18(21)22/h1-6,19H,7H2,(H,15,20). The van der Waals surface area contributed by atoms with Crippen molar-refractivity contribution in [3.05, 3.63) is 51.2 Å². The van der Waals surface area contributed by atoms with E-state index in [9.17, 15) is 20.0 Å². The topological polar surface area (TPSA) is 123 Å². The van der Waals surface area contributed by atoms with Gasteiger partial charge in [-0.2, -0.15) is 9.78 Å². The predicted molar refractivity (Wildman–Crippen MR) is 77.7 cm³/mol. The number of nitrogens with zero attached hydrogens (tertiary/aromatic N) is 4. The number of hydrogen-bond acceptors (Lipinski definition) is 6. The molecule has 0 aliphatic heterocycles. The summed E-state index contributed by atoms with van der Waals surface area (Å²) < 4.78 is 1.11. The predicted octanol–water partition coefficient (Wildman–Crippen LogP) is 1.30. The molecule has 22 heavy (non-hydrogen) atoms. The molecule has 2 N–H and O–H groups in total. The number of phenolic OH excluding ortho intramolecular Hbond substituents is 1. The fraction of sp³-hybridized carbons (Fsp3) is 0.0833. The molecular formula is C12H10ClN5O4. The molecule has 0 saturated carbocycles. The van der Waals surface area contributed by atoms with Crippen LogP contribution in [0.1, 0.15) is 5.56 Å². The first-order chi connectivity index (χ1) is 10.5. The van der Waals surface area contributed by atoms with E-state index in [1.54, 1.807) is 0 Å². The minimum Gasteiger partial charge on any atom is -0.507 e. The van der Waals surface area contributed by atoms with E-state index < -0.39 is 10.8 Å². The number of carbonyl (C=O) groups is 1. The Morgan fingerprint density at radius 3 is 3.00 bits per heavy atom. The number of halogens is 1. The number of hydrazone groups is 1. The summed E-state index contributed by atoms with van der Waals surface area (Å²) in [6, 6.07) is 5.57. The van der Waals surface area contributed by atoms with E-state index in [2.05, 4.69) is 15.6 Å². The minimum absolute atomic E-state index is 0.0369. The fourth-order valence-corrected chi connectivity index (χ4v) is 1.70. The van der Waals surface area contributed by atoms with Crippen LogP contribution in [0.25, 0.3) is 0 Å². The van der Waals surface area contributed by atoms with Crippen LogP contribution in [0, 0.1) is 10.1 Å². The maximum absolute atomic E-state index is 11.6. The van der Waals surface area contributed by atoms with Crippen molar-refractivity contribution >= 4 is 29.5 Å². The van der Waals surface area contributed by atoms with E-state index in [0.29, 0.717) is 10.6 Å². The van der Waals surface area contributed by atoms with Crippen molar-refractivity contribution in [1.29, 1.82) is 0 Å². The maximum atomic E-state index is 11.6. The van der Waals surface area contributed by atoms with E-state index in [-0.39, 0.29) is 18.1 Å². The van der Waals surface area contributed by atoms with Crippen LogP contribution < -0.4 is 5.43 Å². The van der Waals surface area contributed by atoms with Crippen LogP contribution in [0.2, 0.25) is 5.02 Å². The lowest BCUT2D eigenvalue weighted by molar-refractivity contribution is -0.389. The molecule has 10 heteroatoms. The Bertz CT molecular complexity index is 743. The first-order valence-corrected chi connectivity index (χ1v) is 6.32. The Labute approximate surface area is 129 Å². The highest BCUT2D eigenvalue weighted by Gasteiger charge is 2.12. The average molecular weight is 324 g/mol. The number of phenols is 1. The first-order valence-electron chi connectivity index (χ1n) is 5.94. The third kappa shape index (κ3) is 4.03. The van der Waals surface area contributed by atoms with Gasteiger partial charge in [-0.3, -0.25) is 4.79 Å². The van der Waals surface area contributed by atoms with Gasteiger partial charge in [0.25, 0.3) is 5.91 Å². The smallest absolute Gasteiger partial charge is 0.389 e. The Kier molecular flexibility index (Phi) is 4.69. The molecule has 0 aliphatic rings. The van der Waals surface area contributed by atoms with Crippen LogP contribution in [0.15, 0.2) is 35.6 Å². The summed E-state index contributed by atoms with van der Waals surface area (Å²) in [6.07, 6.45) is 2.54. The Morgan fingerprint density at radius 1 is 1.55 bits per heavy atom. The number of carbonyl (C=O) groups excluding carboxylic acids is 1. The molecule has 0 radical (unpaired) electrons. The summed E-state index contributed by atoms with van der Waals surface area (Å²) >= 11 is 5.77. The molecule has 1 aromatic heterocycles. The van der Waals surface area contributed by atoms with Crippen LogP contribution >= 0.6 is 11.6 Å². The third-order valence-corrected chi connectivity index (χ3v) is 2.74. The number of amides is 1. The number of hydrogen-bond donors (Lipinski definition) is 2. The van der Waals surface area contributed by atoms with Gasteiger partial charge in [0.1, 0.15) is 12.3 Å². The Morgan fingerprint density at radius 2 is 2.32 bits per heavy atom. The van der Waals surface area contributed by atoms with Gasteiger partial charge >= 0.3 is 5.82 Å². The van der Waals surface area contributed by atoms with Gasteiger partial charge < -0.3 is 15.2 Å². The van der Waals surface area contributed by atoms with Crippen LogP contribution in [-0.2, 0) is 11.3 Å². The van der Waals surface area contributed by atoms with Gasteiger partial charge in [-0.25, -0.2) is 5.43 Å². The van der Waals surface area contributed by atoms with Gasteiger partial charge in [0.05, 0.1) is 23.6 Å². The minimum atomic E-state index is -0.658. The molecule has 1 aromatic carbocycles. The van der Waals surface area contributed by atoms with Gasteiger partial charge in [0, 0.05) is 10.6 Å². The van der Waals surface area contributed by atoms with Crippen molar-refractivity contribution < 1.29 is 14.8 Å². The number of nitrogens with one attached hydrogen (secondary N) is 1. The lowest BCUT2D eigenvalue weighted by Gasteiger charge is -2.00. The van der Waals surface area contributed by atoms with Crippen molar-refractivity contribution in [3.63, 3.8) is 0 Å². The molecule has 0 saturated heterocycles. The fourth-order valence-electron chi connectivity index (χ4n) is 1.52. The SMILES string of the molecule is O=C(Cn1ccc([N+](=O)[O-])n1)NN=Cc1cc(Cl)ccc1O. The molecule has 1 amide bonds. The van der Waals surface area contributed by atoms with Crippen molar-refractivity contribution in [2.24, 2.45) is 5.10 Å². The molecule has 0 fully saturated rings. The van der Waals surface area contributed by atoms with Crippen molar-refractivity contribution in [2.75, 3.05) is 0 Å². The van der Waals surface area contributed by atoms with Crippen LogP contribution in [0.3, 0.4) is 0 Å². The van der Waals surface area contributed by atoms with Gasteiger partial charge in [-0.05, 0) is 23.1 Å². The van der Waals surface area contributed by atoms with E-state index in [1.165, 1.54) is 36.7 Å². The van der Waals surface area contributed by atoms with Crippen LogP contribution in [0.4, 0.5) is 5.82 Å². The second-order valence-corrected chi connectivity index (χ2v) is 4.56. The molecular weight excluding hydrogens is 314 g/mol. The molecule has 1 heterocycles. The molecule has 0 aliphatic carbocycles. The highest BCUT2D eigenvalue weighted by atomic mass is 35.5. The normalized spacial score (nSPS) is 10.8. The van der Waals surface area contributed by atoms with Gasteiger partial charge in [0.2, 0.25) is 0 Å². The monoisotopic (exact) mass is 323 g/mol. The third-order valence-electron chi connectivity index (χ3n) is 2.50. The zero-order valence-corrected chi connectivity index (χ0v) is 11.8. The number of rotatable bonds is 5. The summed E-state index contributed by atoms with van der Waals surface area (Å²) in [7, 11) is 0. The van der Waals surface area contributed by atoms with E-state index in [4.69, 9.17) is 11.6 Å². The highest BCUT2D eigenvalue weighted by Crippen LogP contribution is 2.19. The van der Waals surface area contributed by atoms with E-state index in [1.807, 2.05) is 0 Å². The van der Waals surface area contributed by atoms with E-state index >= 15 is 0 Å². The lowest BCUT2D eigenvalue weighted by Crippen LogP contribution is -2.23. The van der Waals surface area contributed by atoms with Crippen molar-refractivity contribution in [1.82, 2.24) is 15.2 Å². The van der Waals surface area contributed by atoms with Crippen molar-refractivity contribution in [2.45, 2.75) is 6.54 Å². The summed E-state index contributed by atoms with van der Waals surface area (Å²) in [6.45, 7) is -0.229. The Hall–Kier alpha value is -2.94. The molecule has 2 aromatic rings. The average Bonchev–Trinajstić information content (AvgIpc) is 2.91. The second kappa shape index (κ2) is 6.68. The number of benzene rings is 1. The van der Waals surface area contributed by atoms with Crippen LogP contribution in [0.5, 0.6) is 5.75 Å². The molecule has 0 bridgehead atoms. The largest absolute Gasteiger partial charge is 0.507 e. The molecule has 0 atom stereocenters. The number of aromatic hydroxyl groups is 1. The molecule has 9 nitrogen and oxygen atoms in total. The summed E-state index contributed by atoms with van der Waals surface area (Å²) in [5, 5.41) is 27.7. The molecule has 0 spiro atoms. The Balaban J connectivity index is 1.93. The molecule has 114 valence electrons. The van der Waals surface area contributed by atoms with Gasteiger partial charge in [-0.1, -0.05) is 11.6 Å². The zero-order valence-electron chi connectivity index (χ0n) is 11.0. The van der Waals surface area contributed by atoms with E-state index in [0.717, 1.165) is 4.68 Å². The van der Waals surface area contributed by atoms with Crippen molar-refractivity contribution in [3.8, 4) is 5.75 Å². The summed E-state index contributed by atoms with van der Waals surface area (Å²) in [5.74, 6) is -0.916. The summed E-state index contributed by atoms with van der Waals surface area (Å²) in [4.78, 5) is 21.4. The maximum Gasteiger partial charge on any atom is 0.389 e. The second-order valence-electron chi connectivity index (χ2n) is 4.12. The molecule has 2 rings (SSSR count). The molecule has 0 unspecified atom stereocenters. The first kappa shape index (κ1) is 15.4. The quantitative estimate of drug-likeness (QED) is 0.487. The summed E-state index contributed by atoms with van der Waals surface area (Å²) in [5.41, 5.74) is 2.55. The highest BCUT2D eigenvalue weighted by molar-refractivity contribution is 6.30. The van der Waals surface area contributed by atoms with Gasteiger partial charge in [-0.15, -0.1) is 0 Å². The number of aromatic nitrogens is 2. The van der Waals surface area contributed by atoms with Crippen LogP contribution in [-0.4, -0.2) is 31.9 Å². The lowest BCUT2D eigenvalue weighted by atomic mass is 10.2.